The van der Waals surface area contributed by atoms with E-state index < -0.39 is 0 Å². The molecule has 0 bridgehead atoms. The summed E-state index contributed by atoms with van der Waals surface area (Å²) in [7, 11) is 0. The normalized spacial score (nSPS) is 21.1. The van der Waals surface area contributed by atoms with Gasteiger partial charge in [0.1, 0.15) is 0 Å². The SMILES string of the molecule is CC(C)(C)NC(=O)N1CCC(NC(=O)C2CC2)CC1. The summed E-state index contributed by atoms with van der Waals surface area (Å²) in [6, 6.07) is 0.242. The van der Waals surface area contributed by atoms with E-state index in [-0.39, 0.29) is 29.4 Å². The van der Waals surface area contributed by atoms with E-state index in [1.165, 1.54) is 0 Å². The van der Waals surface area contributed by atoms with Crippen LogP contribution in [0.25, 0.3) is 0 Å². The summed E-state index contributed by atoms with van der Waals surface area (Å²) in [5.41, 5.74) is -0.200. The minimum atomic E-state index is -0.200. The van der Waals surface area contributed by atoms with Gasteiger partial charge in [0, 0.05) is 30.6 Å². The van der Waals surface area contributed by atoms with E-state index in [0.717, 1.165) is 38.8 Å². The highest BCUT2D eigenvalue weighted by atomic mass is 16.2. The molecular weight excluding hydrogens is 242 g/mol. The molecule has 1 aliphatic heterocycles. The molecule has 5 nitrogen and oxygen atoms in total. The van der Waals surface area contributed by atoms with Crippen LogP contribution in [0.3, 0.4) is 0 Å². The van der Waals surface area contributed by atoms with E-state index in [4.69, 9.17) is 0 Å². The summed E-state index contributed by atoms with van der Waals surface area (Å²) in [4.78, 5) is 25.5. The molecule has 0 aromatic heterocycles. The van der Waals surface area contributed by atoms with Gasteiger partial charge in [0.25, 0.3) is 0 Å². The first kappa shape index (κ1) is 14.2. The number of carbonyl (C=O) groups excluding carboxylic acids is 2. The Morgan fingerprint density at radius 1 is 1.05 bits per heavy atom. The van der Waals surface area contributed by atoms with Crippen molar-refractivity contribution in [3.8, 4) is 0 Å². The summed E-state index contributed by atoms with van der Waals surface area (Å²) in [5, 5.41) is 6.06. The molecule has 3 amide bonds. The van der Waals surface area contributed by atoms with Crippen LogP contribution in [0.1, 0.15) is 46.5 Å². The van der Waals surface area contributed by atoms with E-state index in [1.54, 1.807) is 0 Å². The van der Waals surface area contributed by atoms with Crippen molar-refractivity contribution in [3.63, 3.8) is 0 Å². The summed E-state index contributed by atoms with van der Waals surface area (Å²) < 4.78 is 0. The number of nitrogens with one attached hydrogen (secondary N) is 2. The highest BCUT2D eigenvalue weighted by Gasteiger charge is 2.32. The van der Waals surface area contributed by atoms with E-state index in [0.29, 0.717) is 0 Å². The van der Waals surface area contributed by atoms with Crippen LogP contribution < -0.4 is 10.6 Å². The molecule has 0 spiro atoms. The van der Waals surface area contributed by atoms with Gasteiger partial charge >= 0.3 is 6.03 Å². The van der Waals surface area contributed by atoms with Gasteiger partial charge in [-0.05, 0) is 46.5 Å². The Morgan fingerprint density at radius 3 is 2.11 bits per heavy atom. The molecule has 0 atom stereocenters. The van der Waals surface area contributed by atoms with E-state index in [9.17, 15) is 9.59 Å². The Balaban J connectivity index is 1.72. The lowest BCUT2D eigenvalue weighted by Gasteiger charge is -2.34. The predicted molar refractivity (Wildman–Crippen MR) is 73.7 cm³/mol. The molecule has 1 saturated heterocycles. The lowest BCUT2D eigenvalue weighted by atomic mass is 10.0. The summed E-state index contributed by atoms with van der Waals surface area (Å²) >= 11 is 0. The first-order valence-corrected chi connectivity index (χ1v) is 7.22. The van der Waals surface area contributed by atoms with E-state index in [2.05, 4.69) is 10.6 Å². The van der Waals surface area contributed by atoms with Crippen LogP contribution in [0.4, 0.5) is 4.79 Å². The maximum absolute atomic E-state index is 12.0. The minimum Gasteiger partial charge on any atom is -0.353 e. The maximum Gasteiger partial charge on any atom is 0.317 e. The molecule has 0 aromatic carbocycles. The Morgan fingerprint density at radius 2 is 1.63 bits per heavy atom. The van der Waals surface area contributed by atoms with E-state index in [1.807, 2.05) is 25.7 Å². The fourth-order valence-corrected chi connectivity index (χ4v) is 2.29. The Bertz CT molecular complexity index is 350. The standard InChI is InChI=1S/C14H25N3O2/c1-14(2,3)16-13(19)17-8-6-11(7-9-17)15-12(18)10-4-5-10/h10-11H,4-9H2,1-3H3,(H,15,18)(H,16,19). The monoisotopic (exact) mass is 267 g/mol. The Hall–Kier alpha value is -1.26. The molecule has 2 rings (SSSR count). The molecule has 19 heavy (non-hydrogen) atoms. The number of carbonyl (C=O) groups is 2. The summed E-state index contributed by atoms with van der Waals surface area (Å²) in [5.74, 6) is 0.472. The molecule has 0 radical (unpaired) electrons. The molecule has 2 N–H and O–H groups in total. The van der Waals surface area contributed by atoms with Crippen molar-refractivity contribution >= 4 is 11.9 Å². The van der Waals surface area contributed by atoms with Gasteiger partial charge in [0.15, 0.2) is 0 Å². The number of amides is 3. The van der Waals surface area contributed by atoms with Gasteiger partial charge in [0.2, 0.25) is 5.91 Å². The molecule has 2 fully saturated rings. The third-order valence-electron chi connectivity index (χ3n) is 3.56. The molecule has 0 unspecified atom stereocenters. The number of nitrogens with zero attached hydrogens (tertiary/aromatic N) is 1. The van der Waals surface area contributed by atoms with Crippen LogP contribution in [0, 0.1) is 5.92 Å². The number of piperidine rings is 1. The zero-order valence-corrected chi connectivity index (χ0v) is 12.2. The topological polar surface area (TPSA) is 61.4 Å². The average Bonchev–Trinajstić information content (AvgIpc) is 3.11. The molecular formula is C14H25N3O2. The summed E-state index contributed by atoms with van der Waals surface area (Å²) in [6.45, 7) is 7.38. The van der Waals surface area contributed by atoms with Crippen molar-refractivity contribution in [3.05, 3.63) is 0 Å². The van der Waals surface area contributed by atoms with Crippen molar-refractivity contribution in [2.24, 2.45) is 5.92 Å². The van der Waals surface area contributed by atoms with Crippen molar-refractivity contribution in [2.75, 3.05) is 13.1 Å². The highest BCUT2D eigenvalue weighted by molar-refractivity contribution is 5.81. The van der Waals surface area contributed by atoms with Crippen LogP contribution in [0.2, 0.25) is 0 Å². The van der Waals surface area contributed by atoms with Crippen LogP contribution in [-0.4, -0.2) is 41.5 Å². The molecule has 1 saturated carbocycles. The van der Waals surface area contributed by atoms with Gasteiger partial charge in [-0.3, -0.25) is 4.79 Å². The van der Waals surface area contributed by atoms with Crippen LogP contribution >= 0.6 is 0 Å². The third-order valence-corrected chi connectivity index (χ3v) is 3.56. The van der Waals surface area contributed by atoms with Gasteiger partial charge in [0.05, 0.1) is 0 Å². The molecule has 2 aliphatic rings. The number of hydrogen-bond acceptors (Lipinski definition) is 2. The second kappa shape index (κ2) is 5.39. The molecule has 1 heterocycles. The van der Waals surface area contributed by atoms with E-state index >= 15 is 0 Å². The fourth-order valence-electron chi connectivity index (χ4n) is 2.29. The second-order valence-electron chi connectivity index (χ2n) is 6.72. The zero-order chi connectivity index (χ0) is 14.0. The Kier molecular flexibility index (Phi) is 4.02. The molecule has 0 aromatic rings. The van der Waals surface area contributed by atoms with Crippen molar-refractivity contribution in [2.45, 2.75) is 58.0 Å². The lowest BCUT2D eigenvalue weighted by Crippen LogP contribution is -2.53. The van der Waals surface area contributed by atoms with Gasteiger partial charge in [-0.25, -0.2) is 4.79 Å². The van der Waals surface area contributed by atoms with Crippen molar-refractivity contribution in [1.82, 2.24) is 15.5 Å². The van der Waals surface area contributed by atoms with Crippen molar-refractivity contribution < 1.29 is 9.59 Å². The first-order chi connectivity index (χ1) is 8.85. The number of hydrogen-bond donors (Lipinski definition) is 2. The van der Waals surface area contributed by atoms with Crippen LogP contribution in [-0.2, 0) is 4.79 Å². The van der Waals surface area contributed by atoms with Gasteiger partial charge < -0.3 is 15.5 Å². The quantitative estimate of drug-likeness (QED) is 0.796. The van der Waals surface area contributed by atoms with Gasteiger partial charge in [-0.1, -0.05) is 0 Å². The highest BCUT2D eigenvalue weighted by Crippen LogP contribution is 2.29. The number of likely N-dealkylation sites (tertiary alicyclic amines) is 1. The van der Waals surface area contributed by atoms with Crippen LogP contribution in [0.5, 0.6) is 0 Å². The third kappa shape index (κ3) is 4.40. The maximum atomic E-state index is 12.0. The average molecular weight is 267 g/mol. The first-order valence-electron chi connectivity index (χ1n) is 7.22. The lowest BCUT2D eigenvalue weighted by molar-refractivity contribution is -0.123. The second-order valence-corrected chi connectivity index (χ2v) is 6.72. The van der Waals surface area contributed by atoms with Crippen molar-refractivity contribution in [1.29, 1.82) is 0 Å². The number of rotatable bonds is 2. The number of urea groups is 1. The Labute approximate surface area is 115 Å². The molecule has 5 heteroatoms. The van der Waals surface area contributed by atoms with Gasteiger partial charge in [-0.2, -0.15) is 0 Å². The zero-order valence-electron chi connectivity index (χ0n) is 12.2. The molecule has 108 valence electrons. The predicted octanol–water partition coefficient (Wildman–Crippen LogP) is 1.49. The minimum absolute atomic E-state index is 0.000491. The summed E-state index contributed by atoms with van der Waals surface area (Å²) in [6.07, 6.45) is 3.80. The largest absolute Gasteiger partial charge is 0.353 e. The molecule has 1 aliphatic carbocycles. The fraction of sp³-hybridized carbons (Fsp3) is 0.857. The van der Waals surface area contributed by atoms with Gasteiger partial charge in [-0.15, -0.1) is 0 Å². The van der Waals surface area contributed by atoms with Crippen LogP contribution in [0.15, 0.2) is 0 Å². The smallest absolute Gasteiger partial charge is 0.317 e.